The lowest BCUT2D eigenvalue weighted by atomic mass is 10.1. The Hall–Kier alpha value is -1.85. The average Bonchev–Trinajstić information content (AvgIpc) is 2.78. The van der Waals surface area contributed by atoms with Gasteiger partial charge in [0.2, 0.25) is 5.91 Å². The molecule has 106 valence electrons. The highest BCUT2D eigenvalue weighted by Crippen LogP contribution is 2.31. The van der Waals surface area contributed by atoms with Crippen molar-refractivity contribution in [1.29, 1.82) is 0 Å². The molecule has 2 aromatic rings. The van der Waals surface area contributed by atoms with E-state index >= 15 is 0 Å². The fourth-order valence-corrected chi connectivity index (χ4v) is 2.74. The summed E-state index contributed by atoms with van der Waals surface area (Å²) in [6, 6.07) is 7.82. The molecule has 1 aliphatic heterocycles. The molecule has 1 amide bonds. The number of anilines is 1. The summed E-state index contributed by atoms with van der Waals surface area (Å²) in [6.07, 6.45) is 1.33. The summed E-state index contributed by atoms with van der Waals surface area (Å²) in [5.74, 6) is 0.873. The summed E-state index contributed by atoms with van der Waals surface area (Å²) in [6.45, 7) is 3.64. The van der Waals surface area contributed by atoms with E-state index in [-0.39, 0.29) is 5.91 Å². The zero-order chi connectivity index (χ0) is 14.3. The number of aliphatic hydroxyl groups excluding tert-OH is 1. The van der Waals surface area contributed by atoms with Gasteiger partial charge in [-0.05, 0) is 32.2 Å². The SMILES string of the molecule is CC(O)c1cc2ccccn2c1N1CCN(C)CC1=O. The van der Waals surface area contributed by atoms with Crippen molar-refractivity contribution in [2.75, 3.05) is 31.6 Å². The standard InChI is InChI=1S/C15H19N3O2/c1-11(19)13-9-12-5-3-4-6-17(12)15(13)18-8-7-16(2)10-14(18)20/h3-6,9,11,19H,7-8,10H2,1-2H3. The maximum absolute atomic E-state index is 12.3. The molecule has 2 aromatic heterocycles. The van der Waals surface area contributed by atoms with Crippen LogP contribution in [0, 0.1) is 0 Å². The molecule has 1 unspecified atom stereocenters. The highest BCUT2D eigenvalue weighted by molar-refractivity contribution is 5.96. The maximum Gasteiger partial charge on any atom is 0.242 e. The van der Waals surface area contributed by atoms with Gasteiger partial charge in [-0.15, -0.1) is 0 Å². The number of aliphatic hydroxyl groups is 1. The van der Waals surface area contributed by atoms with Crippen LogP contribution < -0.4 is 4.90 Å². The number of carbonyl (C=O) groups is 1. The number of likely N-dealkylation sites (N-methyl/N-ethyl adjacent to an activating group) is 1. The van der Waals surface area contributed by atoms with Crippen molar-refractivity contribution < 1.29 is 9.90 Å². The molecule has 3 rings (SSSR count). The van der Waals surface area contributed by atoms with Gasteiger partial charge in [0.25, 0.3) is 0 Å². The predicted octanol–water partition coefficient (Wildman–Crippen LogP) is 1.27. The molecule has 0 spiro atoms. The number of hydrogen-bond donors (Lipinski definition) is 1. The molecule has 0 bridgehead atoms. The quantitative estimate of drug-likeness (QED) is 0.896. The zero-order valence-electron chi connectivity index (χ0n) is 11.8. The number of piperazine rings is 1. The second-order valence-electron chi connectivity index (χ2n) is 5.38. The van der Waals surface area contributed by atoms with Crippen LogP contribution in [0.25, 0.3) is 5.52 Å². The number of fused-ring (bicyclic) bond motifs is 1. The van der Waals surface area contributed by atoms with Crippen LogP contribution in [-0.2, 0) is 4.79 Å². The molecule has 1 N–H and O–H groups in total. The molecule has 20 heavy (non-hydrogen) atoms. The van der Waals surface area contributed by atoms with Crippen LogP contribution in [0.2, 0.25) is 0 Å². The van der Waals surface area contributed by atoms with Crippen molar-refractivity contribution in [3.63, 3.8) is 0 Å². The van der Waals surface area contributed by atoms with E-state index < -0.39 is 6.10 Å². The van der Waals surface area contributed by atoms with Crippen molar-refractivity contribution >= 4 is 17.2 Å². The van der Waals surface area contributed by atoms with Crippen molar-refractivity contribution in [3.05, 3.63) is 36.0 Å². The third-order valence-electron chi connectivity index (χ3n) is 3.80. The normalized spacial score (nSPS) is 18.8. The summed E-state index contributed by atoms with van der Waals surface area (Å²) in [4.78, 5) is 16.1. The minimum absolute atomic E-state index is 0.0736. The number of aromatic nitrogens is 1. The Morgan fingerprint density at radius 1 is 1.30 bits per heavy atom. The number of nitrogens with zero attached hydrogens (tertiary/aromatic N) is 3. The summed E-state index contributed by atoms with van der Waals surface area (Å²) >= 11 is 0. The number of amides is 1. The van der Waals surface area contributed by atoms with Crippen molar-refractivity contribution in [3.8, 4) is 0 Å². The van der Waals surface area contributed by atoms with Gasteiger partial charge in [-0.3, -0.25) is 14.6 Å². The first-order valence-corrected chi connectivity index (χ1v) is 6.85. The van der Waals surface area contributed by atoms with Crippen LogP contribution in [0.3, 0.4) is 0 Å². The first-order chi connectivity index (χ1) is 9.58. The summed E-state index contributed by atoms with van der Waals surface area (Å²) in [7, 11) is 1.95. The van der Waals surface area contributed by atoms with Crippen LogP contribution in [-0.4, -0.2) is 47.0 Å². The number of carbonyl (C=O) groups excluding carboxylic acids is 1. The van der Waals surface area contributed by atoms with E-state index in [1.165, 1.54) is 0 Å². The largest absolute Gasteiger partial charge is 0.389 e. The first kappa shape index (κ1) is 13.1. The van der Waals surface area contributed by atoms with Crippen molar-refractivity contribution in [2.24, 2.45) is 0 Å². The highest BCUT2D eigenvalue weighted by atomic mass is 16.3. The molecule has 3 heterocycles. The molecule has 5 nitrogen and oxygen atoms in total. The molecule has 0 radical (unpaired) electrons. The summed E-state index contributed by atoms with van der Waals surface area (Å²) in [5, 5.41) is 10.0. The Morgan fingerprint density at radius 2 is 2.10 bits per heavy atom. The van der Waals surface area contributed by atoms with Gasteiger partial charge < -0.3 is 9.51 Å². The van der Waals surface area contributed by atoms with E-state index in [1.807, 2.05) is 46.8 Å². The Bertz CT molecular complexity index is 648. The average molecular weight is 273 g/mol. The van der Waals surface area contributed by atoms with Gasteiger partial charge in [0.15, 0.2) is 0 Å². The molecule has 1 aliphatic rings. The van der Waals surface area contributed by atoms with E-state index in [1.54, 1.807) is 11.8 Å². The lowest BCUT2D eigenvalue weighted by Gasteiger charge is -2.32. The zero-order valence-corrected chi connectivity index (χ0v) is 11.8. The fraction of sp³-hybridized carbons (Fsp3) is 0.400. The lowest BCUT2D eigenvalue weighted by molar-refractivity contribution is -0.120. The van der Waals surface area contributed by atoms with Gasteiger partial charge >= 0.3 is 0 Å². The Morgan fingerprint density at radius 3 is 2.80 bits per heavy atom. The Labute approximate surface area is 118 Å². The van der Waals surface area contributed by atoms with Crippen LogP contribution in [0.5, 0.6) is 0 Å². The summed E-state index contributed by atoms with van der Waals surface area (Å²) in [5.41, 5.74) is 1.79. The molecular formula is C15H19N3O2. The minimum Gasteiger partial charge on any atom is -0.389 e. The highest BCUT2D eigenvalue weighted by Gasteiger charge is 2.28. The second kappa shape index (κ2) is 4.92. The Balaban J connectivity index is 2.14. The molecule has 1 saturated heterocycles. The number of rotatable bonds is 2. The van der Waals surface area contributed by atoms with Crippen LogP contribution >= 0.6 is 0 Å². The third-order valence-corrected chi connectivity index (χ3v) is 3.80. The predicted molar refractivity (Wildman–Crippen MR) is 77.9 cm³/mol. The van der Waals surface area contributed by atoms with E-state index in [0.717, 1.165) is 23.4 Å². The number of pyridine rings is 1. The fourth-order valence-electron chi connectivity index (χ4n) is 2.74. The van der Waals surface area contributed by atoms with Gasteiger partial charge in [-0.2, -0.15) is 0 Å². The minimum atomic E-state index is -0.600. The third kappa shape index (κ3) is 2.09. The second-order valence-corrected chi connectivity index (χ2v) is 5.38. The monoisotopic (exact) mass is 273 g/mol. The molecule has 5 heteroatoms. The molecular weight excluding hydrogens is 254 g/mol. The van der Waals surface area contributed by atoms with Gasteiger partial charge in [0.1, 0.15) is 5.82 Å². The summed E-state index contributed by atoms with van der Waals surface area (Å²) < 4.78 is 1.98. The van der Waals surface area contributed by atoms with Gasteiger partial charge in [0.05, 0.1) is 12.6 Å². The van der Waals surface area contributed by atoms with Crippen molar-refractivity contribution in [1.82, 2.24) is 9.30 Å². The van der Waals surface area contributed by atoms with Gasteiger partial charge in [-0.1, -0.05) is 6.07 Å². The van der Waals surface area contributed by atoms with Crippen LogP contribution in [0.15, 0.2) is 30.5 Å². The molecule has 0 aliphatic carbocycles. The van der Waals surface area contributed by atoms with Crippen LogP contribution in [0.1, 0.15) is 18.6 Å². The smallest absolute Gasteiger partial charge is 0.242 e. The molecule has 0 aromatic carbocycles. The van der Waals surface area contributed by atoms with Crippen LogP contribution in [0.4, 0.5) is 5.82 Å². The van der Waals surface area contributed by atoms with Gasteiger partial charge in [-0.25, -0.2) is 0 Å². The van der Waals surface area contributed by atoms with E-state index in [4.69, 9.17) is 0 Å². The topological polar surface area (TPSA) is 48.2 Å². The maximum atomic E-state index is 12.3. The Kier molecular flexibility index (Phi) is 3.23. The van der Waals surface area contributed by atoms with E-state index in [2.05, 4.69) is 0 Å². The van der Waals surface area contributed by atoms with E-state index in [9.17, 15) is 9.90 Å². The van der Waals surface area contributed by atoms with E-state index in [0.29, 0.717) is 13.1 Å². The number of hydrogen-bond acceptors (Lipinski definition) is 3. The molecule has 1 fully saturated rings. The molecule has 0 saturated carbocycles. The lowest BCUT2D eigenvalue weighted by Crippen LogP contribution is -2.49. The first-order valence-electron chi connectivity index (χ1n) is 6.85. The van der Waals surface area contributed by atoms with Crippen molar-refractivity contribution in [2.45, 2.75) is 13.0 Å². The van der Waals surface area contributed by atoms with Gasteiger partial charge in [0, 0.05) is 30.4 Å². The molecule has 1 atom stereocenters.